The predicted molar refractivity (Wildman–Crippen MR) is 78.2 cm³/mol. The van der Waals surface area contributed by atoms with Crippen LogP contribution >= 0.6 is 11.6 Å². The van der Waals surface area contributed by atoms with Gasteiger partial charge in [0, 0.05) is 32.2 Å². The third kappa shape index (κ3) is 3.42. The molecule has 110 valence electrons. The third-order valence-corrected chi connectivity index (χ3v) is 3.65. The van der Waals surface area contributed by atoms with Crippen molar-refractivity contribution < 1.29 is 14.3 Å². The van der Waals surface area contributed by atoms with Crippen molar-refractivity contribution in [1.29, 1.82) is 0 Å². The summed E-state index contributed by atoms with van der Waals surface area (Å²) >= 11 is 6.04. The molecule has 20 heavy (non-hydrogen) atoms. The maximum Gasteiger partial charge on any atom is 0.180 e. The molecule has 6 heteroatoms. The van der Waals surface area contributed by atoms with Gasteiger partial charge < -0.3 is 14.8 Å². The zero-order valence-electron chi connectivity index (χ0n) is 11.7. The van der Waals surface area contributed by atoms with Crippen LogP contribution in [0, 0.1) is 0 Å². The summed E-state index contributed by atoms with van der Waals surface area (Å²) in [4.78, 5) is 14.6. The molecule has 1 aromatic rings. The van der Waals surface area contributed by atoms with Crippen LogP contribution in [0.3, 0.4) is 0 Å². The number of Topliss-reactive ketones (excluding diaryl/α,β-unsaturated/α-hetero) is 1. The van der Waals surface area contributed by atoms with Crippen LogP contribution in [0.5, 0.6) is 11.5 Å². The Bertz CT molecular complexity index is 488. The van der Waals surface area contributed by atoms with E-state index in [2.05, 4.69) is 10.2 Å². The summed E-state index contributed by atoms with van der Waals surface area (Å²) in [5.41, 5.74) is 0.507. The van der Waals surface area contributed by atoms with E-state index in [1.54, 1.807) is 12.1 Å². The van der Waals surface area contributed by atoms with E-state index in [0.717, 1.165) is 26.2 Å². The fourth-order valence-corrected chi connectivity index (χ4v) is 2.47. The average Bonchev–Trinajstić information content (AvgIpc) is 2.47. The number of hydrogen-bond donors (Lipinski definition) is 1. The maximum absolute atomic E-state index is 12.4. The minimum atomic E-state index is 0.0127. The van der Waals surface area contributed by atoms with Crippen LogP contribution in [-0.4, -0.2) is 57.6 Å². The Morgan fingerprint density at radius 2 is 1.90 bits per heavy atom. The lowest BCUT2D eigenvalue weighted by Gasteiger charge is -2.26. The monoisotopic (exact) mass is 298 g/mol. The normalized spacial score (nSPS) is 15.9. The SMILES string of the molecule is COc1cc(C(=O)CN2CCNCC2)c(OC)cc1Cl. The number of nitrogens with zero attached hydrogens (tertiary/aromatic N) is 1. The number of piperazine rings is 1. The fourth-order valence-electron chi connectivity index (χ4n) is 2.24. The minimum absolute atomic E-state index is 0.0127. The number of ether oxygens (including phenoxy) is 2. The molecule has 0 atom stereocenters. The van der Waals surface area contributed by atoms with E-state index >= 15 is 0 Å². The highest BCUT2D eigenvalue weighted by molar-refractivity contribution is 6.32. The first-order valence-electron chi connectivity index (χ1n) is 6.53. The van der Waals surface area contributed by atoms with Crippen LogP contribution in [0.4, 0.5) is 0 Å². The van der Waals surface area contributed by atoms with Crippen LogP contribution in [0.15, 0.2) is 12.1 Å². The van der Waals surface area contributed by atoms with Crippen molar-refractivity contribution in [3.8, 4) is 11.5 Å². The zero-order chi connectivity index (χ0) is 14.5. The van der Waals surface area contributed by atoms with Gasteiger partial charge in [-0.3, -0.25) is 9.69 Å². The smallest absolute Gasteiger partial charge is 0.180 e. The molecule has 1 aromatic carbocycles. The van der Waals surface area contributed by atoms with E-state index in [-0.39, 0.29) is 5.78 Å². The number of methoxy groups -OCH3 is 2. The van der Waals surface area contributed by atoms with E-state index in [0.29, 0.717) is 28.6 Å². The first-order chi connectivity index (χ1) is 9.65. The van der Waals surface area contributed by atoms with Gasteiger partial charge in [-0.15, -0.1) is 0 Å². The van der Waals surface area contributed by atoms with Gasteiger partial charge in [0.15, 0.2) is 5.78 Å². The van der Waals surface area contributed by atoms with Crippen molar-refractivity contribution in [2.45, 2.75) is 0 Å². The lowest BCUT2D eigenvalue weighted by atomic mass is 10.1. The second-order valence-corrected chi connectivity index (χ2v) is 5.04. The molecule has 1 N–H and O–H groups in total. The summed E-state index contributed by atoms with van der Waals surface area (Å²) in [7, 11) is 3.05. The Balaban J connectivity index is 2.19. The molecule has 0 amide bonds. The maximum atomic E-state index is 12.4. The molecular weight excluding hydrogens is 280 g/mol. The van der Waals surface area contributed by atoms with Gasteiger partial charge in [0.05, 0.1) is 31.4 Å². The number of carbonyl (C=O) groups excluding carboxylic acids is 1. The van der Waals surface area contributed by atoms with Gasteiger partial charge in [0.2, 0.25) is 0 Å². The third-order valence-electron chi connectivity index (χ3n) is 3.35. The molecule has 2 rings (SSSR count). The molecule has 0 aliphatic carbocycles. The van der Waals surface area contributed by atoms with Crippen LogP contribution in [0.1, 0.15) is 10.4 Å². The number of nitrogens with one attached hydrogen (secondary N) is 1. The van der Waals surface area contributed by atoms with Crippen molar-refractivity contribution >= 4 is 17.4 Å². The fraction of sp³-hybridized carbons (Fsp3) is 0.500. The summed E-state index contributed by atoms with van der Waals surface area (Å²) in [5, 5.41) is 3.69. The van der Waals surface area contributed by atoms with E-state index in [1.165, 1.54) is 14.2 Å². The van der Waals surface area contributed by atoms with Crippen molar-refractivity contribution in [2.75, 3.05) is 46.9 Å². The predicted octanol–water partition coefficient (Wildman–Crippen LogP) is 1.45. The summed E-state index contributed by atoms with van der Waals surface area (Å²) < 4.78 is 10.4. The van der Waals surface area contributed by atoms with Gasteiger partial charge >= 0.3 is 0 Å². The van der Waals surface area contributed by atoms with Crippen LogP contribution in [0.25, 0.3) is 0 Å². The quantitative estimate of drug-likeness (QED) is 0.834. The lowest BCUT2D eigenvalue weighted by Crippen LogP contribution is -2.45. The molecule has 0 unspecified atom stereocenters. The molecule has 1 aliphatic rings. The Labute approximate surface area is 123 Å². The standard InChI is InChI=1S/C14H19ClN2O3/c1-19-13-8-11(15)14(20-2)7-10(13)12(18)9-17-5-3-16-4-6-17/h7-8,16H,3-6,9H2,1-2H3. The van der Waals surface area contributed by atoms with Crippen LogP contribution in [0.2, 0.25) is 5.02 Å². The highest BCUT2D eigenvalue weighted by Gasteiger charge is 2.20. The highest BCUT2D eigenvalue weighted by Crippen LogP contribution is 2.32. The number of halogens is 1. The van der Waals surface area contributed by atoms with E-state index < -0.39 is 0 Å². The van der Waals surface area contributed by atoms with Gasteiger partial charge in [-0.1, -0.05) is 11.6 Å². The molecule has 1 aliphatic heterocycles. The molecule has 0 spiro atoms. The van der Waals surface area contributed by atoms with E-state index in [4.69, 9.17) is 21.1 Å². The highest BCUT2D eigenvalue weighted by atomic mass is 35.5. The molecule has 0 saturated carbocycles. The summed E-state index contributed by atoms with van der Waals surface area (Å²) in [5.74, 6) is 0.978. The second kappa shape index (κ2) is 6.92. The minimum Gasteiger partial charge on any atom is -0.496 e. The second-order valence-electron chi connectivity index (χ2n) is 4.64. The number of benzene rings is 1. The molecular formula is C14H19ClN2O3. The Hall–Kier alpha value is -1.30. The van der Waals surface area contributed by atoms with E-state index in [1.807, 2.05) is 0 Å². The summed E-state index contributed by atoms with van der Waals surface area (Å²) in [6.07, 6.45) is 0. The van der Waals surface area contributed by atoms with Gasteiger partial charge in [0.25, 0.3) is 0 Å². The van der Waals surface area contributed by atoms with Gasteiger partial charge in [-0.2, -0.15) is 0 Å². The first-order valence-corrected chi connectivity index (χ1v) is 6.91. The Morgan fingerprint density at radius 3 is 2.50 bits per heavy atom. The van der Waals surface area contributed by atoms with Crippen LogP contribution in [-0.2, 0) is 0 Å². The zero-order valence-corrected chi connectivity index (χ0v) is 12.5. The molecule has 1 fully saturated rings. The Kier molecular flexibility index (Phi) is 5.23. The average molecular weight is 299 g/mol. The number of carbonyl (C=O) groups is 1. The molecule has 0 bridgehead atoms. The van der Waals surface area contributed by atoms with E-state index in [9.17, 15) is 4.79 Å². The van der Waals surface area contributed by atoms with Crippen molar-refractivity contribution in [1.82, 2.24) is 10.2 Å². The summed E-state index contributed by atoms with van der Waals surface area (Å²) in [6.45, 7) is 3.95. The number of hydrogen-bond acceptors (Lipinski definition) is 5. The van der Waals surface area contributed by atoms with Crippen molar-refractivity contribution in [3.05, 3.63) is 22.7 Å². The van der Waals surface area contributed by atoms with Gasteiger partial charge in [-0.25, -0.2) is 0 Å². The molecule has 1 saturated heterocycles. The van der Waals surface area contributed by atoms with Crippen LogP contribution < -0.4 is 14.8 Å². The lowest BCUT2D eigenvalue weighted by molar-refractivity contribution is 0.0918. The van der Waals surface area contributed by atoms with Crippen molar-refractivity contribution in [2.24, 2.45) is 0 Å². The van der Waals surface area contributed by atoms with Gasteiger partial charge in [-0.05, 0) is 6.07 Å². The topological polar surface area (TPSA) is 50.8 Å². The summed E-state index contributed by atoms with van der Waals surface area (Å²) in [6, 6.07) is 3.26. The Morgan fingerprint density at radius 1 is 1.25 bits per heavy atom. The first kappa shape index (κ1) is 15.1. The molecule has 5 nitrogen and oxygen atoms in total. The molecule has 1 heterocycles. The largest absolute Gasteiger partial charge is 0.496 e. The number of ketones is 1. The molecule has 0 radical (unpaired) electrons. The molecule has 0 aromatic heterocycles. The van der Waals surface area contributed by atoms with Crippen molar-refractivity contribution in [3.63, 3.8) is 0 Å². The number of rotatable bonds is 5. The van der Waals surface area contributed by atoms with Gasteiger partial charge in [0.1, 0.15) is 11.5 Å².